The van der Waals surface area contributed by atoms with Crippen molar-refractivity contribution < 1.29 is 5.11 Å². The summed E-state index contributed by atoms with van der Waals surface area (Å²) in [6, 6.07) is 4.13. The standard InChI is InChI=1S/C14H21NO/c1-10-6-13(7-11(2)14(10)16)9-15-8-12-4-3-5-12/h6-7,12,15-16H,3-5,8-9H2,1-2H3. The van der Waals surface area contributed by atoms with Gasteiger partial charge in [-0.3, -0.25) is 0 Å². The van der Waals surface area contributed by atoms with Crippen LogP contribution in [0.5, 0.6) is 5.75 Å². The third-order valence-electron chi connectivity index (χ3n) is 3.54. The summed E-state index contributed by atoms with van der Waals surface area (Å²) in [6.07, 6.45) is 4.19. The molecule has 0 spiro atoms. The second-order valence-electron chi connectivity index (χ2n) is 5.01. The summed E-state index contributed by atoms with van der Waals surface area (Å²) in [7, 11) is 0. The van der Waals surface area contributed by atoms with Crippen LogP contribution >= 0.6 is 0 Å². The van der Waals surface area contributed by atoms with Crippen molar-refractivity contribution in [2.45, 2.75) is 39.7 Å². The number of hydrogen-bond acceptors (Lipinski definition) is 2. The van der Waals surface area contributed by atoms with E-state index in [4.69, 9.17) is 0 Å². The van der Waals surface area contributed by atoms with Gasteiger partial charge in [0, 0.05) is 6.54 Å². The van der Waals surface area contributed by atoms with Crippen LogP contribution in [0.1, 0.15) is 36.0 Å². The van der Waals surface area contributed by atoms with E-state index < -0.39 is 0 Å². The highest BCUT2D eigenvalue weighted by Crippen LogP contribution is 2.26. The van der Waals surface area contributed by atoms with E-state index in [2.05, 4.69) is 17.4 Å². The van der Waals surface area contributed by atoms with Crippen molar-refractivity contribution in [2.24, 2.45) is 5.92 Å². The minimum atomic E-state index is 0.433. The van der Waals surface area contributed by atoms with Gasteiger partial charge in [0.1, 0.15) is 5.75 Å². The van der Waals surface area contributed by atoms with Gasteiger partial charge in [-0.15, -0.1) is 0 Å². The van der Waals surface area contributed by atoms with E-state index in [0.717, 1.165) is 30.1 Å². The summed E-state index contributed by atoms with van der Waals surface area (Å²) >= 11 is 0. The number of aromatic hydroxyl groups is 1. The summed E-state index contributed by atoms with van der Waals surface area (Å²) < 4.78 is 0. The molecule has 16 heavy (non-hydrogen) atoms. The lowest BCUT2D eigenvalue weighted by molar-refractivity contribution is 0.301. The quantitative estimate of drug-likeness (QED) is 0.816. The largest absolute Gasteiger partial charge is 0.507 e. The topological polar surface area (TPSA) is 32.3 Å². The first-order chi connectivity index (χ1) is 7.66. The van der Waals surface area contributed by atoms with Crippen molar-refractivity contribution >= 4 is 0 Å². The first-order valence-electron chi connectivity index (χ1n) is 6.16. The summed E-state index contributed by atoms with van der Waals surface area (Å²) in [4.78, 5) is 0. The van der Waals surface area contributed by atoms with Gasteiger partial charge in [0.15, 0.2) is 0 Å². The normalized spacial score (nSPS) is 16.1. The maximum atomic E-state index is 9.67. The predicted molar refractivity (Wildman–Crippen MR) is 66.6 cm³/mol. The Morgan fingerprint density at radius 2 is 1.88 bits per heavy atom. The molecule has 0 bridgehead atoms. The van der Waals surface area contributed by atoms with Crippen molar-refractivity contribution in [3.8, 4) is 5.75 Å². The van der Waals surface area contributed by atoms with Gasteiger partial charge in [-0.05, 0) is 55.8 Å². The predicted octanol–water partition coefficient (Wildman–Crippen LogP) is 2.90. The molecule has 1 aromatic carbocycles. The average molecular weight is 219 g/mol. The van der Waals surface area contributed by atoms with Gasteiger partial charge in [-0.2, -0.15) is 0 Å². The van der Waals surface area contributed by atoms with Crippen molar-refractivity contribution in [1.82, 2.24) is 5.32 Å². The molecule has 0 aromatic heterocycles. The van der Waals surface area contributed by atoms with Gasteiger partial charge >= 0.3 is 0 Å². The van der Waals surface area contributed by atoms with Crippen LogP contribution in [0.2, 0.25) is 0 Å². The number of phenolic OH excluding ortho intramolecular Hbond substituents is 1. The summed E-state index contributed by atoms with van der Waals surface area (Å²) in [5.41, 5.74) is 3.22. The zero-order chi connectivity index (χ0) is 11.5. The fraction of sp³-hybridized carbons (Fsp3) is 0.571. The second kappa shape index (κ2) is 4.88. The molecule has 1 aliphatic carbocycles. The van der Waals surface area contributed by atoms with E-state index in [9.17, 15) is 5.11 Å². The molecular weight excluding hydrogens is 198 g/mol. The lowest BCUT2D eigenvalue weighted by Gasteiger charge is -2.25. The monoisotopic (exact) mass is 219 g/mol. The zero-order valence-corrected chi connectivity index (χ0v) is 10.2. The second-order valence-corrected chi connectivity index (χ2v) is 5.01. The molecule has 1 aliphatic rings. The van der Waals surface area contributed by atoms with Crippen LogP contribution in [-0.2, 0) is 6.54 Å². The molecule has 2 heteroatoms. The maximum absolute atomic E-state index is 9.67. The van der Waals surface area contributed by atoms with Gasteiger partial charge in [-0.25, -0.2) is 0 Å². The fourth-order valence-corrected chi connectivity index (χ4v) is 2.27. The number of nitrogens with one attached hydrogen (secondary N) is 1. The minimum absolute atomic E-state index is 0.433. The molecule has 0 atom stereocenters. The molecule has 2 rings (SSSR count). The highest BCUT2D eigenvalue weighted by Gasteiger charge is 2.16. The Bertz CT molecular complexity index is 346. The molecule has 0 heterocycles. The Morgan fingerprint density at radius 1 is 1.25 bits per heavy atom. The number of phenols is 1. The Labute approximate surface area is 97.7 Å². The minimum Gasteiger partial charge on any atom is -0.507 e. The van der Waals surface area contributed by atoms with E-state index in [0.29, 0.717) is 5.75 Å². The summed E-state index contributed by atoms with van der Waals surface area (Å²) in [6.45, 7) is 5.97. The first-order valence-corrected chi connectivity index (χ1v) is 6.16. The molecule has 1 fully saturated rings. The number of rotatable bonds is 4. The molecule has 0 aliphatic heterocycles. The van der Waals surface area contributed by atoms with E-state index in [-0.39, 0.29) is 0 Å². The van der Waals surface area contributed by atoms with Gasteiger partial charge in [-0.1, -0.05) is 18.6 Å². The lowest BCUT2D eigenvalue weighted by Crippen LogP contribution is -2.26. The summed E-state index contributed by atoms with van der Waals surface area (Å²) in [5.74, 6) is 1.34. The SMILES string of the molecule is Cc1cc(CNCC2CCC2)cc(C)c1O. The van der Waals surface area contributed by atoms with Gasteiger partial charge in [0.2, 0.25) is 0 Å². The van der Waals surface area contributed by atoms with E-state index in [1.165, 1.54) is 24.8 Å². The zero-order valence-electron chi connectivity index (χ0n) is 10.2. The van der Waals surface area contributed by atoms with Crippen LogP contribution in [0.15, 0.2) is 12.1 Å². The van der Waals surface area contributed by atoms with Crippen LogP contribution < -0.4 is 5.32 Å². The third kappa shape index (κ3) is 2.56. The van der Waals surface area contributed by atoms with Crippen LogP contribution in [0.3, 0.4) is 0 Å². The highest BCUT2D eigenvalue weighted by molar-refractivity contribution is 5.42. The van der Waals surface area contributed by atoms with Gasteiger partial charge in [0.25, 0.3) is 0 Å². The van der Waals surface area contributed by atoms with Crippen molar-refractivity contribution in [1.29, 1.82) is 0 Å². The first kappa shape index (κ1) is 11.5. The van der Waals surface area contributed by atoms with Crippen LogP contribution in [0.4, 0.5) is 0 Å². The highest BCUT2D eigenvalue weighted by atomic mass is 16.3. The molecular formula is C14H21NO. The molecule has 1 aromatic rings. The molecule has 0 radical (unpaired) electrons. The molecule has 0 amide bonds. The smallest absolute Gasteiger partial charge is 0.121 e. The van der Waals surface area contributed by atoms with Crippen molar-refractivity contribution in [2.75, 3.05) is 6.54 Å². The molecule has 1 saturated carbocycles. The van der Waals surface area contributed by atoms with Crippen LogP contribution in [-0.4, -0.2) is 11.7 Å². The number of hydrogen-bond donors (Lipinski definition) is 2. The van der Waals surface area contributed by atoms with Crippen LogP contribution in [0, 0.1) is 19.8 Å². The van der Waals surface area contributed by atoms with Crippen molar-refractivity contribution in [3.05, 3.63) is 28.8 Å². The average Bonchev–Trinajstić information content (AvgIpc) is 2.18. The van der Waals surface area contributed by atoms with E-state index in [1.807, 2.05) is 13.8 Å². The Balaban J connectivity index is 1.88. The number of aryl methyl sites for hydroxylation is 2. The number of benzene rings is 1. The maximum Gasteiger partial charge on any atom is 0.121 e. The van der Waals surface area contributed by atoms with Gasteiger partial charge in [0.05, 0.1) is 0 Å². The van der Waals surface area contributed by atoms with Crippen molar-refractivity contribution in [3.63, 3.8) is 0 Å². The van der Waals surface area contributed by atoms with E-state index in [1.54, 1.807) is 0 Å². The van der Waals surface area contributed by atoms with E-state index >= 15 is 0 Å². The lowest BCUT2D eigenvalue weighted by atomic mass is 9.85. The molecule has 0 unspecified atom stereocenters. The Kier molecular flexibility index (Phi) is 3.49. The third-order valence-corrected chi connectivity index (χ3v) is 3.54. The molecule has 88 valence electrons. The fourth-order valence-electron chi connectivity index (χ4n) is 2.27. The van der Waals surface area contributed by atoms with Gasteiger partial charge < -0.3 is 10.4 Å². The Hall–Kier alpha value is -1.02. The Morgan fingerprint density at radius 3 is 2.38 bits per heavy atom. The molecule has 0 saturated heterocycles. The summed E-state index contributed by atoms with van der Waals surface area (Å²) in [5, 5.41) is 13.2. The van der Waals surface area contributed by atoms with Crippen LogP contribution in [0.25, 0.3) is 0 Å². The molecule has 2 N–H and O–H groups in total. The molecule has 2 nitrogen and oxygen atoms in total.